The van der Waals surface area contributed by atoms with Crippen LogP contribution >= 0.6 is 15.9 Å². The minimum absolute atomic E-state index is 0.00639. The lowest BCUT2D eigenvalue weighted by atomic mass is 10.1. The standard InChI is InChI=1S/C10H8BrFO2/c11-9-7(10(13)14)3-6(4-8(9)12)5-1-2-5/h3-5H,1-2H2,(H,13,14). The fraction of sp³-hybridized carbons (Fsp3) is 0.300. The van der Waals surface area contributed by atoms with Crippen molar-refractivity contribution in [3.63, 3.8) is 0 Å². The van der Waals surface area contributed by atoms with Gasteiger partial charge < -0.3 is 5.11 Å². The smallest absolute Gasteiger partial charge is 0.336 e. The summed E-state index contributed by atoms with van der Waals surface area (Å²) in [6.07, 6.45) is 2.06. The SMILES string of the molecule is O=C(O)c1cc(C2CC2)cc(F)c1Br. The molecular weight excluding hydrogens is 251 g/mol. The molecule has 0 bridgehead atoms. The second-order valence-electron chi connectivity index (χ2n) is 3.44. The highest BCUT2D eigenvalue weighted by Gasteiger charge is 2.26. The molecule has 0 heterocycles. The van der Waals surface area contributed by atoms with Crippen LogP contribution in [0, 0.1) is 5.82 Å². The minimum Gasteiger partial charge on any atom is -0.478 e. The molecule has 1 aliphatic rings. The second kappa shape index (κ2) is 3.35. The molecule has 1 aliphatic carbocycles. The summed E-state index contributed by atoms with van der Waals surface area (Å²) < 4.78 is 13.3. The van der Waals surface area contributed by atoms with Crippen LogP contribution in [0.1, 0.15) is 34.7 Å². The molecule has 0 saturated heterocycles. The van der Waals surface area contributed by atoms with Gasteiger partial charge >= 0.3 is 5.97 Å². The third-order valence-corrected chi connectivity index (χ3v) is 3.14. The zero-order chi connectivity index (χ0) is 10.3. The topological polar surface area (TPSA) is 37.3 Å². The Hall–Kier alpha value is -0.900. The first-order valence-electron chi connectivity index (χ1n) is 4.32. The van der Waals surface area contributed by atoms with Crippen molar-refractivity contribution in [2.45, 2.75) is 18.8 Å². The summed E-state index contributed by atoms with van der Waals surface area (Å²) in [5.74, 6) is -1.24. The first-order valence-corrected chi connectivity index (χ1v) is 5.11. The van der Waals surface area contributed by atoms with Crippen molar-refractivity contribution in [2.24, 2.45) is 0 Å². The molecule has 74 valence electrons. The third kappa shape index (κ3) is 1.66. The Labute approximate surface area is 88.9 Å². The van der Waals surface area contributed by atoms with Crippen LogP contribution in [-0.2, 0) is 0 Å². The zero-order valence-electron chi connectivity index (χ0n) is 7.26. The van der Waals surface area contributed by atoms with E-state index in [0.29, 0.717) is 5.92 Å². The van der Waals surface area contributed by atoms with E-state index >= 15 is 0 Å². The van der Waals surface area contributed by atoms with Crippen molar-refractivity contribution in [1.82, 2.24) is 0 Å². The molecule has 0 aliphatic heterocycles. The van der Waals surface area contributed by atoms with Crippen LogP contribution in [0.4, 0.5) is 4.39 Å². The van der Waals surface area contributed by atoms with Crippen LogP contribution in [0.15, 0.2) is 16.6 Å². The average Bonchev–Trinajstić information content (AvgIpc) is 2.91. The van der Waals surface area contributed by atoms with E-state index in [9.17, 15) is 9.18 Å². The highest BCUT2D eigenvalue weighted by Crippen LogP contribution is 2.41. The summed E-state index contributed by atoms with van der Waals surface area (Å²) in [4.78, 5) is 10.8. The minimum atomic E-state index is -1.10. The lowest BCUT2D eigenvalue weighted by Crippen LogP contribution is -2.01. The van der Waals surface area contributed by atoms with Crippen LogP contribution in [0.5, 0.6) is 0 Å². The van der Waals surface area contributed by atoms with Crippen LogP contribution in [0.25, 0.3) is 0 Å². The average molecular weight is 259 g/mol. The van der Waals surface area contributed by atoms with E-state index in [2.05, 4.69) is 15.9 Å². The maximum Gasteiger partial charge on any atom is 0.336 e. The second-order valence-corrected chi connectivity index (χ2v) is 4.24. The molecule has 1 fully saturated rings. The van der Waals surface area contributed by atoms with Gasteiger partial charge in [-0.2, -0.15) is 0 Å². The Bertz CT molecular complexity index is 399. The van der Waals surface area contributed by atoms with Crippen molar-refractivity contribution < 1.29 is 14.3 Å². The molecule has 1 saturated carbocycles. The number of hydrogen-bond acceptors (Lipinski definition) is 1. The van der Waals surface area contributed by atoms with E-state index in [1.807, 2.05) is 0 Å². The van der Waals surface area contributed by atoms with Gasteiger partial charge in [0.05, 0.1) is 10.0 Å². The molecule has 14 heavy (non-hydrogen) atoms. The van der Waals surface area contributed by atoms with E-state index in [4.69, 9.17) is 5.11 Å². The number of halogens is 2. The van der Waals surface area contributed by atoms with Crippen molar-refractivity contribution in [2.75, 3.05) is 0 Å². The molecule has 1 aromatic carbocycles. The van der Waals surface area contributed by atoms with Crippen molar-refractivity contribution >= 4 is 21.9 Å². The number of carboxylic acid groups (broad SMARTS) is 1. The molecule has 0 amide bonds. The molecule has 0 unspecified atom stereocenters. The molecule has 0 radical (unpaired) electrons. The summed E-state index contributed by atoms with van der Waals surface area (Å²) in [5.41, 5.74) is 0.801. The zero-order valence-corrected chi connectivity index (χ0v) is 8.84. The first-order chi connectivity index (χ1) is 6.59. The van der Waals surface area contributed by atoms with Gasteiger partial charge in [0.1, 0.15) is 5.82 Å². The number of benzene rings is 1. The Morgan fingerprint density at radius 3 is 2.64 bits per heavy atom. The Balaban J connectivity index is 2.51. The molecule has 0 aromatic heterocycles. The molecule has 2 nitrogen and oxygen atoms in total. The fourth-order valence-corrected chi connectivity index (χ4v) is 1.82. The predicted octanol–water partition coefficient (Wildman–Crippen LogP) is 3.16. The van der Waals surface area contributed by atoms with Crippen molar-refractivity contribution in [3.8, 4) is 0 Å². The quantitative estimate of drug-likeness (QED) is 0.885. The van der Waals surface area contributed by atoms with Gasteiger partial charge in [-0.3, -0.25) is 0 Å². The Kier molecular flexibility index (Phi) is 2.31. The summed E-state index contributed by atoms with van der Waals surface area (Å²) in [7, 11) is 0. The lowest BCUT2D eigenvalue weighted by Gasteiger charge is -2.04. The van der Waals surface area contributed by atoms with Crippen LogP contribution in [0.2, 0.25) is 0 Å². The van der Waals surface area contributed by atoms with Gasteiger partial charge in [0.2, 0.25) is 0 Å². The van der Waals surface area contributed by atoms with Gasteiger partial charge in [0, 0.05) is 0 Å². The Morgan fingerprint density at radius 1 is 1.50 bits per heavy atom. The molecule has 2 rings (SSSR count). The number of carboxylic acids is 1. The number of aromatic carboxylic acids is 1. The number of carbonyl (C=O) groups is 1. The van der Waals surface area contributed by atoms with Crippen LogP contribution in [-0.4, -0.2) is 11.1 Å². The number of hydrogen-bond donors (Lipinski definition) is 1. The van der Waals surface area contributed by atoms with Crippen LogP contribution in [0.3, 0.4) is 0 Å². The number of rotatable bonds is 2. The molecule has 1 N–H and O–H groups in total. The summed E-state index contributed by atoms with van der Waals surface area (Å²) in [6, 6.07) is 2.96. The van der Waals surface area contributed by atoms with Gasteiger partial charge in [-0.25, -0.2) is 9.18 Å². The molecule has 4 heteroatoms. The molecular formula is C10H8BrFO2. The molecule has 0 spiro atoms. The Morgan fingerprint density at radius 2 is 2.14 bits per heavy atom. The molecule has 0 atom stereocenters. The first kappa shape index (κ1) is 9.65. The van der Waals surface area contributed by atoms with Gasteiger partial charge in [-0.1, -0.05) is 0 Å². The molecule has 1 aromatic rings. The van der Waals surface area contributed by atoms with Crippen molar-refractivity contribution in [3.05, 3.63) is 33.5 Å². The van der Waals surface area contributed by atoms with Gasteiger partial charge in [0.15, 0.2) is 0 Å². The van der Waals surface area contributed by atoms with E-state index in [-0.39, 0.29) is 10.0 Å². The van der Waals surface area contributed by atoms with Gasteiger partial charge in [0.25, 0.3) is 0 Å². The van der Waals surface area contributed by atoms with Crippen molar-refractivity contribution in [1.29, 1.82) is 0 Å². The maximum atomic E-state index is 13.3. The largest absolute Gasteiger partial charge is 0.478 e. The lowest BCUT2D eigenvalue weighted by molar-refractivity contribution is 0.0695. The fourth-order valence-electron chi connectivity index (χ4n) is 1.42. The predicted molar refractivity (Wildman–Crippen MR) is 53.0 cm³/mol. The normalized spacial score (nSPS) is 15.6. The summed E-state index contributed by atoms with van der Waals surface area (Å²) in [5, 5.41) is 8.82. The third-order valence-electron chi connectivity index (χ3n) is 2.33. The van der Waals surface area contributed by atoms with E-state index < -0.39 is 11.8 Å². The van der Waals surface area contributed by atoms with E-state index in [1.54, 1.807) is 6.07 Å². The highest BCUT2D eigenvalue weighted by atomic mass is 79.9. The monoisotopic (exact) mass is 258 g/mol. The van der Waals surface area contributed by atoms with Gasteiger partial charge in [-0.05, 0) is 52.4 Å². The van der Waals surface area contributed by atoms with E-state index in [1.165, 1.54) is 6.07 Å². The summed E-state index contributed by atoms with van der Waals surface area (Å²) >= 11 is 2.93. The maximum absolute atomic E-state index is 13.3. The van der Waals surface area contributed by atoms with Gasteiger partial charge in [-0.15, -0.1) is 0 Å². The highest BCUT2D eigenvalue weighted by molar-refractivity contribution is 9.10. The van der Waals surface area contributed by atoms with Crippen LogP contribution < -0.4 is 0 Å². The van der Waals surface area contributed by atoms with E-state index in [0.717, 1.165) is 18.4 Å². The summed E-state index contributed by atoms with van der Waals surface area (Å²) in [6.45, 7) is 0.